The van der Waals surface area contributed by atoms with E-state index in [-0.39, 0.29) is 24.3 Å². The third-order valence-electron chi connectivity index (χ3n) is 6.08. The van der Waals surface area contributed by atoms with Gasteiger partial charge in [-0.1, -0.05) is 26.8 Å². The highest BCUT2D eigenvalue weighted by Crippen LogP contribution is 2.40. The second kappa shape index (κ2) is 8.54. The molecule has 0 atom stereocenters. The fourth-order valence-corrected chi connectivity index (χ4v) is 4.16. The minimum atomic E-state index is -0.239. The van der Waals surface area contributed by atoms with Crippen molar-refractivity contribution in [3.8, 4) is 5.75 Å². The van der Waals surface area contributed by atoms with Crippen LogP contribution in [0.15, 0.2) is 24.3 Å². The average molecular weight is 437 g/mol. The summed E-state index contributed by atoms with van der Waals surface area (Å²) < 4.78 is 5.65. The first-order valence-electron chi connectivity index (χ1n) is 11.2. The zero-order valence-electron chi connectivity index (χ0n) is 19.3. The number of aliphatic hydroxyl groups excluding tert-OH is 1. The normalized spacial score (nSPS) is 15.7. The molecule has 1 aromatic carbocycles. The SMILES string of the molecule is COc1c(NCCO)cc(C(=O)CN2Cc3ccc(C4CC4)nc3C2=N)cc1C(C)(C)C. The summed E-state index contributed by atoms with van der Waals surface area (Å²) in [6.45, 7) is 7.20. The smallest absolute Gasteiger partial charge is 0.182 e. The Morgan fingerprint density at radius 1 is 1.31 bits per heavy atom. The lowest BCUT2D eigenvalue weighted by molar-refractivity contribution is 0.0962. The molecule has 0 radical (unpaired) electrons. The molecule has 7 heteroatoms. The van der Waals surface area contributed by atoms with Crippen LogP contribution in [0.4, 0.5) is 5.69 Å². The number of carbonyl (C=O) groups excluding carboxylic acids is 1. The number of amidine groups is 1. The molecule has 0 saturated heterocycles. The number of methoxy groups -OCH3 is 1. The molecule has 0 amide bonds. The molecule has 1 aliphatic heterocycles. The van der Waals surface area contributed by atoms with Gasteiger partial charge in [-0.2, -0.15) is 0 Å². The van der Waals surface area contributed by atoms with Gasteiger partial charge in [-0.05, 0) is 36.5 Å². The number of benzene rings is 1. The minimum Gasteiger partial charge on any atom is -0.494 e. The number of hydrogen-bond acceptors (Lipinski definition) is 6. The Bertz CT molecular complexity index is 1050. The van der Waals surface area contributed by atoms with Crippen LogP contribution in [-0.4, -0.2) is 53.4 Å². The van der Waals surface area contributed by atoms with Crippen LogP contribution in [0, 0.1) is 5.41 Å². The Balaban J connectivity index is 1.59. The fourth-order valence-electron chi connectivity index (χ4n) is 4.16. The first-order valence-corrected chi connectivity index (χ1v) is 11.2. The van der Waals surface area contributed by atoms with E-state index in [0.717, 1.165) is 16.8 Å². The molecule has 1 aliphatic carbocycles. The van der Waals surface area contributed by atoms with Crippen molar-refractivity contribution in [2.75, 3.05) is 32.1 Å². The van der Waals surface area contributed by atoms with E-state index < -0.39 is 0 Å². The first-order chi connectivity index (χ1) is 15.2. The predicted molar refractivity (Wildman–Crippen MR) is 125 cm³/mol. The predicted octanol–water partition coefficient (Wildman–Crippen LogP) is 3.69. The molecule has 2 heterocycles. The number of carbonyl (C=O) groups is 1. The van der Waals surface area contributed by atoms with Gasteiger partial charge in [-0.15, -0.1) is 0 Å². The monoisotopic (exact) mass is 436 g/mol. The van der Waals surface area contributed by atoms with Crippen LogP contribution in [0.25, 0.3) is 0 Å². The summed E-state index contributed by atoms with van der Waals surface area (Å²) in [4.78, 5) is 19.8. The number of nitrogens with zero attached hydrogens (tertiary/aromatic N) is 2. The fraction of sp³-hybridized carbons (Fsp3) is 0.480. The molecule has 32 heavy (non-hydrogen) atoms. The Labute approximate surface area is 189 Å². The second-order valence-electron chi connectivity index (χ2n) is 9.65. The van der Waals surface area contributed by atoms with Crippen LogP contribution in [-0.2, 0) is 12.0 Å². The van der Waals surface area contributed by atoms with Crippen molar-refractivity contribution >= 4 is 17.3 Å². The number of nitrogens with one attached hydrogen (secondary N) is 2. The molecule has 1 saturated carbocycles. The molecule has 7 nitrogen and oxygen atoms in total. The quantitative estimate of drug-likeness (QED) is 0.546. The maximum absolute atomic E-state index is 13.3. The molecule has 4 rings (SSSR count). The number of pyridine rings is 1. The summed E-state index contributed by atoms with van der Waals surface area (Å²) in [7, 11) is 1.61. The molecule has 170 valence electrons. The van der Waals surface area contributed by atoms with Gasteiger partial charge in [-0.3, -0.25) is 10.2 Å². The number of ketones is 1. The molecular formula is C25H32N4O3. The lowest BCUT2D eigenvalue weighted by atomic mass is 9.84. The van der Waals surface area contributed by atoms with Crippen molar-refractivity contribution in [3.63, 3.8) is 0 Å². The number of hydrogen-bond donors (Lipinski definition) is 3. The highest BCUT2D eigenvalue weighted by molar-refractivity contribution is 6.05. The van der Waals surface area contributed by atoms with Crippen molar-refractivity contribution < 1.29 is 14.6 Å². The van der Waals surface area contributed by atoms with E-state index >= 15 is 0 Å². The Hall–Kier alpha value is -2.93. The van der Waals surface area contributed by atoms with Crippen LogP contribution in [0.5, 0.6) is 5.75 Å². The van der Waals surface area contributed by atoms with E-state index in [1.54, 1.807) is 18.1 Å². The standard InChI is InChI=1S/C25H32N4O3/c1-25(2,3)18-11-17(12-20(23(18)32-4)27-9-10-30)21(31)14-29-13-16-7-8-19(15-5-6-15)28-22(16)24(29)26/h7-8,11-12,15,26-27,30H,5-6,9-10,13-14H2,1-4H3. The summed E-state index contributed by atoms with van der Waals surface area (Å²) in [5.41, 5.74) is 4.70. The van der Waals surface area contributed by atoms with E-state index in [1.165, 1.54) is 12.8 Å². The average Bonchev–Trinajstić information content (AvgIpc) is 3.56. The Morgan fingerprint density at radius 3 is 2.69 bits per heavy atom. The number of aliphatic hydroxyl groups is 1. The number of fused-ring (bicyclic) bond motifs is 1. The van der Waals surface area contributed by atoms with Crippen molar-refractivity contribution in [2.45, 2.75) is 51.5 Å². The summed E-state index contributed by atoms with van der Waals surface area (Å²) >= 11 is 0. The topological polar surface area (TPSA) is 98.5 Å². The van der Waals surface area contributed by atoms with Gasteiger partial charge in [0.15, 0.2) is 5.78 Å². The Kier molecular flexibility index (Phi) is 5.95. The van der Waals surface area contributed by atoms with Gasteiger partial charge in [0.2, 0.25) is 0 Å². The van der Waals surface area contributed by atoms with E-state index in [2.05, 4.69) is 38.2 Å². The molecule has 0 unspecified atom stereocenters. The third kappa shape index (κ3) is 4.35. The zero-order valence-corrected chi connectivity index (χ0v) is 19.3. The number of Topliss-reactive ketones (excluding diaryl/α,β-unsaturated/α-hetero) is 1. The van der Waals surface area contributed by atoms with Crippen LogP contribution in [0.3, 0.4) is 0 Å². The van der Waals surface area contributed by atoms with Gasteiger partial charge >= 0.3 is 0 Å². The van der Waals surface area contributed by atoms with E-state index in [9.17, 15) is 9.90 Å². The van der Waals surface area contributed by atoms with E-state index in [0.29, 0.717) is 47.5 Å². The van der Waals surface area contributed by atoms with Gasteiger partial charge < -0.3 is 20.1 Å². The maximum Gasteiger partial charge on any atom is 0.182 e. The summed E-state index contributed by atoms with van der Waals surface area (Å²) in [5.74, 6) is 1.47. The van der Waals surface area contributed by atoms with Gasteiger partial charge in [0.1, 0.15) is 17.3 Å². The largest absolute Gasteiger partial charge is 0.494 e. The minimum absolute atomic E-state index is 0.0226. The summed E-state index contributed by atoms with van der Waals surface area (Å²) in [6, 6.07) is 7.79. The molecule has 0 spiro atoms. The molecule has 0 bridgehead atoms. The van der Waals surface area contributed by atoms with Crippen LogP contribution >= 0.6 is 0 Å². The van der Waals surface area contributed by atoms with E-state index in [4.69, 9.17) is 15.1 Å². The van der Waals surface area contributed by atoms with Crippen molar-refractivity contribution in [2.24, 2.45) is 0 Å². The molecule has 1 fully saturated rings. The van der Waals surface area contributed by atoms with Crippen molar-refractivity contribution in [1.29, 1.82) is 5.41 Å². The van der Waals surface area contributed by atoms with Crippen LogP contribution in [0.2, 0.25) is 0 Å². The molecule has 3 N–H and O–H groups in total. The molecule has 2 aliphatic rings. The molecular weight excluding hydrogens is 404 g/mol. The number of ether oxygens (including phenoxy) is 1. The number of anilines is 1. The molecule has 2 aromatic rings. The highest BCUT2D eigenvalue weighted by atomic mass is 16.5. The summed E-state index contributed by atoms with van der Waals surface area (Å²) in [6.07, 6.45) is 2.34. The van der Waals surface area contributed by atoms with Crippen molar-refractivity contribution in [1.82, 2.24) is 9.88 Å². The van der Waals surface area contributed by atoms with Crippen molar-refractivity contribution in [3.05, 3.63) is 52.3 Å². The maximum atomic E-state index is 13.3. The Morgan fingerprint density at radius 2 is 2.06 bits per heavy atom. The second-order valence-corrected chi connectivity index (χ2v) is 9.65. The highest BCUT2D eigenvalue weighted by Gasteiger charge is 2.32. The van der Waals surface area contributed by atoms with Gasteiger partial charge in [0, 0.05) is 41.4 Å². The van der Waals surface area contributed by atoms with E-state index in [1.807, 2.05) is 6.07 Å². The lowest BCUT2D eigenvalue weighted by Crippen LogP contribution is -2.31. The first kappa shape index (κ1) is 22.3. The van der Waals surface area contributed by atoms with Gasteiger partial charge in [0.05, 0.1) is 25.9 Å². The van der Waals surface area contributed by atoms with Crippen LogP contribution in [0.1, 0.15) is 72.4 Å². The van der Waals surface area contributed by atoms with Gasteiger partial charge in [-0.25, -0.2) is 4.98 Å². The summed E-state index contributed by atoms with van der Waals surface area (Å²) in [5, 5.41) is 21.0. The van der Waals surface area contributed by atoms with Crippen LogP contribution < -0.4 is 10.1 Å². The number of aromatic nitrogens is 1. The lowest BCUT2D eigenvalue weighted by Gasteiger charge is -2.26. The zero-order chi connectivity index (χ0) is 23.0. The third-order valence-corrected chi connectivity index (χ3v) is 6.08. The van der Waals surface area contributed by atoms with Gasteiger partial charge in [0.25, 0.3) is 0 Å². The number of rotatable bonds is 8. The molecule has 1 aromatic heterocycles.